The van der Waals surface area contributed by atoms with Crippen molar-refractivity contribution in [1.29, 1.82) is 0 Å². The Bertz CT molecular complexity index is 341. The molecule has 0 saturated heterocycles. The fourth-order valence-corrected chi connectivity index (χ4v) is 2.01. The van der Waals surface area contributed by atoms with Gasteiger partial charge in [0.15, 0.2) is 8.38 Å². The Kier molecular flexibility index (Phi) is 11.1. The second-order valence-corrected chi connectivity index (χ2v) is 6.85. The highest BCUT2D eigenvalue weighted by Crippen LogP contribution is 2.28. The largest absolute Gasteiger partial charge is 0.447 e. The SMILES string of the molecule is CCCCCCC(C)OC(=O)N[C@@H](C)C(=O)NC(C)P(O)O. The van der Waals surface area contributed by atoms with Gasteiger partial charge in [0.05, 0.1) is 5.78 Å². The zero-order valence-electron chi connectivity index (χ0n) is 13.8. The van der Waals surface area contributed by atoms with E-state index in [0.717, 1.165) is 25.7 Å². The molecule has 0 aromatic carbocycles. The summed E-state index contributed by atoms with van der Waals surface area (Å²) in [7, 11) is -2.24. The predicted molar refractivity (Wildman–Crippen MR) is 86.3 cm³/mol. The van der Waals surface area contributed by atoms with Crippen molar-refractivity contribution in [3.8, 4) is 0 Å². The van der Waals surface area contributed by atoms with Gasteiger partial charge >= 0.3 is 6.09 Å². The van der Waals surface area contributed by atoms with E-state index in [1.807, 2.05) is 6.92 Å². The van der Waals surface area contributed by atoms with Gasteiger partial charge in [0.1, 0.15) is 12.1 Å². The summed E-state index contributed by atoms with van der Waals surface area (Å²) in [4.78, 5) is 41.3. The highest BCUT2D eigenvalue weighted by atomic mass is 31.2. The third-order valence-electron chi connectivity index (χ3n) is 3.20. The summed E-state index contributed by atoms with van der Waals surface area (Å²) in [6.45, 7) is 6.94. The average molecular weight is 336 g/mol. The fraction of sp³-hybridized carbons (Fsp3) is 0.857. The maximum Gasteiger partial charge on any atom is 0.408 e. The number of alkyl carbamates (subject to hydrolysis) is 1. The predicted octanol–water partition coefficient (Wildman–Crippen LogP) is 2.22. The van der Waals surface area contributed by atoms with Gasteiger partial charge in [0.25, 0.3) is 0 Å². The minimum absolute atomic E-state index is 0.200. The highest BCUT2D eigenvalue weighted by Gasteiger charge is 2.21. The van der Waals surface area contributed by atoms with Crippen LogP contribution in [0.25, 0.3) is 0 Å². The van der Waals surface area contributed by atoms with Crippen molar-refractivity contribution in [2.24, 2.45) is 0 Å². The Hall–Kier alpha value is -0.910. The van der Waals surface area contributed by atoms with Crippen molar-refractivity contribution in [3.63, 3.8) is 0 Å². The summed E-state index contributed by atoms with van der Waals surface area (Å²) in [6, 6.07) is -0.808. The van der Waals surface area contributed by atoms with E-state index in [-0.39, 0.29) is 6.10 Å². The molecule has 0 fully saturated rings. The lowest BCUT2D eigenvalue weighted by atomic mass is 10.1. The molecule has 3 atom stereocenters. The van der Waals surface area contributed by atoms with Gasteiger partial charge < -0.3 is 25.2 Å². The van der Waals surface area contributed by atoms with Crippen molar-refractivity contribution in [2.45, 2.75) is 77.7 Å². The molecule has 130 valence electrons. The second kappa shape index (κ2) is 11.6. The average Bonchev–Trinajstić information content (AvgIpc) is 2.43. The summed E-state index contributed by atoms with van der Waals surface area (Å²) < 4.78 is 5.18. The molecule has 0 saturated carbocycles. The van der Waals surface area contributed by atoms with E-state index in [9.17, 15) is 9.59 Å². The molecular weight excluding hydrogens is 307 g/mol. The van der Waals surface area contributed by atoms with E-state index < -0.39 is 32.2 Å². The first kappa shape index (κ1) is 21.1. The molecule has 0 rings (SSSR count). The van der Waals surface area contributed by atoms with E-state index in [2.05, 4.69) is 17.6 Å². The van der Waals surface area contributed by atoms with Gasteiger partial charge in [-0.3, -0.25) is 4.79 Å². The lowest BCUT2D eigenvalue weighted by Gasteiger charge is -2.20. The number of hydrogen-bond donors (Lipinski definition) is 4. The van der Waals surface area contributed by atoms with E-state index in [4.69, 9.17) is 14.5 Å². The van der Waals surface area contributed by atoms with E-state index in [1.165, 1.54) is 20.3 Å². The molecule has 0 aromatic rings. The van der Waals surface area contributed by atoms with Crippen LogP contribution in [0, 0.1) is 0 Å². The molecule has 0 aliphatic rings. The van der Waals surface area contributed by atoms with E-state index in [1.54, 1.807) is 0 Å². The lowest BCUT2D eigenvalue weighted by Crippen LogP contribution is -2.47. The normalized spacial score (nSPS) is 15.0. The molecule has 8 heteroatoms. The van der Waals surface area contributed by atoms with Crippen LogP contribution in [0.5, 0.6) is 0 Å². The van der Waals surface area contributed by atoms with Crippen molar-refractivity contribution < 1.29 is 24.1 Å². The smallest absolute Gasteiger partial charge is 0.408 e. The standard InChI is InChI=1S/C14H29N2O5P/c1-5-6-7-8-9-10(2)21-14(18)15-11(3)13(17)16-12(4)22(19)20/h10-12,19-20H,5-9H2,1-4H3,(H,15,18)(H,16,17)/t10?,11-,12?/m0/s1. The van der Waals surface area contributed by atoms with Crippen LogP contribution in [-0.2, 0) is 9.53 Å². The van der Waals surface area contributed by atoms with Gasteiger partial charge in [-0.15, -0.1) is 0 Å². The van der Waals surface area contributed by atoms with E-state index in [0.29, 0.717) is 0 Å². The number of carbonyl (C=O) groups excluding carboxylic acids is 2. The number of carbonyl (C=O) groups is 2. The van der Waals surface area contributed by atoms with Crippen molar-refractivity contribution >= 4 is 20.4 Å². The summed E-state index contributed by atoms with van der Waals surface area (Å²) >= 11 is 0. The first-order valence-corrected chi connectivity index (χ1v) is 9.04. The van der Waals surface area contributed by atoms with Crippen LogP contribution >= 0.6 is 8.38 Å². The second-order valence-electron chi connectivity index (χ2n) is 5.44. The third-order valence-corrected chi connectivity index (χ3v) is 4.02. The third kappa shape index (κ3) is 9.92. The Labute approximate surface area is 133 Å². The van der Waals surface area contributed by atoms with Gasteiger partial charge in [-0.05, 0) is 33.6 Å². The van der Waals surface area contributed by atoms with Gasteiger partial charge in [-0.25, -0.2) is 4.79 Å². The molecule has 2 amide bonds. The minimum Gasteiger partial charge on any atom is -0.447 e. The molecule has 0 aliphatic carbocycles. The summed E-state index contributed by atoms with van der Waals surface area (Å²) in [5.74, 6) is -1.24. The molecule has 0 heterocycles. The zero-order chi connectivity index (χ0) is 17.1. The van der Waals surface area contributed by atoms with Gasteiger partial charge in [-0.2, -0.15) is 0 Å². The number of ether oxygens (including phenoxy) is 1. The van der Waals surface area contributed by atoms with Crippen LogP contribution in [-0.4, -0.2) is 39.7 Å². The summed E-state index contributed by atoms with van der Waals surface area (Å²) in [6.07, 6.45) is 4.41. The Morgan fingerprint density at radius 1 is 1.09 bits per heavy atom. The maximum atomic E-state index is 11.7. The number of nitrogens with one attached hydrogen (secondary N) is 2. The molecule has 2 unspecified atom stereocenters. The highest BCUT2D eigenvalue weighted by molar-refractivity contribution is 7.45. The van der Waals surface area contributed by atoms with Crippen LogP contribution in [0.15, 0.2) is 0 Å². The molecule has 4 N–H and O–H groups in total. The number of hydrogen-bond acceptors (Lipinski definition) is 5. The summed E-state index contributed by atoms with van der Waals surface area (Å²) in [5, 5.41) is 4.83. The molecule has 0 spiro atoms. The molecule has 0 bridgehead atoms. The zero-order valence-corrected chi connectivity index (χ0v) is 14.7. The van der Waals surface area contributed by atoms with Crippen molar-refractivity contribution in [2.75, 3.05) is 0 Å². The lowest BCUT2D eigenvalue weighted by molar-refractivity contribution is -0.122. The number of rotatable bonds is 10. The number of unbranched alkanes of at least 4 members (excludes halogenated alkanes) is 3. The molecule has 0 radical (unpaired) electrons. The number of amides is 2. The van der Waals surface area contributed by atoms with E-state index >= 15 is 0 Å². The van der Waals surface area contributed by atoms with Crippen LogP contribution in [0.2, 0.25) is 0 Å². The van der Waals surface area contributed by atoms with Crippen LogP contribution in [0.3, 0.4) is 0 Å². The maximum absolute atomic E-state index is 11.7. The first-order chi connectivity index (χ1) is 10.3. The Morgan fingerprint density at radius 2 is 1.73 bits per heavy atom. The quantitative estimate of drug-likeness (QED) is 0.361. The first-order valence-electron chi connectivity index (χ1n) is 7.72. The monoisotopic (exact) mass is 336 g/mol. The van der Waals surface area contributed by atoms with Gasteiger partial charge in [-0.1, -0.05) is 26.2 Å². The fourth-order valence-electron chi connectivity index (χ4n) is 1.77. The molecule has 0 aliphatic heterocycles. The molecule has 0 aromatic heterocycles. The Balaban J connectivity index is 4.01. The van der Waals surface area contributed by atoms with Crippen molar-refractivity contribution in [3.05, 3.63) is 0 Å². The molecular formula is C14H29N2O5P. The van der Waals surface area contributed by atoms with Crippen LogP contribution in [0.1, 0.15) is 59.8 Å². The van der Waals surface area contributed by atoms with Gasteiger partial charge in [0, 0.05) is 0 Å². The topological polar surface area (TPSA) is 108 Å². The van der Waals surface area contributed by atoms with Crippen molar-refractivity contribution in [1.82, 2.24) is 10.6 Å². The Morgan fingerprint density at radius 3 is 2.27 bits per heavy atom. The van der Waals surface area contributed by atoms with Crippen LogP contribution in [0.4, 0.5) is 4.79 Å². The molecule has 22 heavy (non-hydrogen) atoms. The minimum atomic E-state index is -2.24. The molecule has 7 nitrogen and oxygen atoms in total. The van der Waals surface area contributed by atoms with Crippen LogP contribution < -0.4 is 10.6 Å². The van der Waals surface area contributed by atoms with Gasteiger partial charge in [0.2, 0.25) is 5.91 Å². The summed E-state index contributed by atoms with van der Waals surface area (Å²) in [5.41, 5.74) is 0.